The summed E-state index contributed by atoms with van der Waals surface area (Å²) in [5.74, 6) is -0.182. The molecule has 2 aromatic rings. The van der Waals surface area contributed by atoms with Gasteiger partial charge in [-0.3, -0.25) is 0 Å². The summed E-state index contributed by atoms with van der Waals surface area (Å²) in [6.45, 7) is 1.44. The Morgan fingerprint density at radius 3 is 2.08 bits per heavy atom. The van der Waals surface area contributed by atoms with Crippen molar-refractivity contribution in [3.05, 3.63) is 59.7 Å². The molecule has 26 heavy (non-hydrogen) atoms. The summed E-state index contributed by atoms with van der Waals surface area (Å²) in [6.07, 6.45) is 0. The first-order valence-corrected chi connectivity index (χ1v) is 8.82. The minimum atomic E-state index is -2.57. The third kappa shape index (κ3) is 5.32. The molecule has 0 radical (unpaired) electrons. The average Bonchev–Trinajstić information content (AvgIpc) is 2.64. The van der Waals surface area contributed by atoms with Crippen molar-refractivity contribution >= 4 is 16.5 Å². The van der Waals surface area contributed by atoms with Gasteiger partial charge in [0.05, 0.1) is 13.2 Å². The second-order valence-electron chi connectivity index (χ2n) is 5.58. The number of ether oxygens (including phenoxy) is 2. The zero-order valence-electron chi connectivity index (χ0n) is 14.3. The highest BCUT2D eigenvalue weighted by atomic mass is 32.2. The molecule has 8 heteroatoms. The van der Waals surface area contributed by atoms with E-state index in [2.05, 4.69) is 4.36 Å². The maximum Gasteiger partial charge on any atom is 0.341 e. The van der Waals surface area contributed by atoms with Crippen LogP contribution in [0, 0.1) is 0 Å². The molecule has 0 bridgehead atoms. The Bertz CT molecular complexity index is 867. The van der Waals surface area contributed by atoms with E-state index >= 15 is 0 Å². The lowest BCUT2D eigenvalue weighted by Gasteiger charge is -2.20. The molecule has 0 spiro atoms. The lowest BCUT2D eigenvalue weighted by molar-refractivity contribution is -0.139. The van der Waals surface area contributed by atoms with Crippen molar-refractivity contribution in [1.82, 2.24) is 0 Å². The smallest absolute Gasteiger partial charge is 0.341 e. The molecular weight excluding hydrogens is 358 g/mol. The summed E-state index contributed by atoms with van der Waals surface area (Å²) in [5.41, 5.74) is 1.59. The van der Waals surface area contributed by atoms with E-state index in [1.165, 1.54) is 0 Å². The Balaban J connectivity index is 2.28. The van der Waals surface area contributed by atoms with E-state index in [-0.39, 0.29) is 5.92 Å². The maximum absolute atomic E-state index is 11.2. The molecular formula is C18H19NO6S. The van der Waals surface area contributed by atoms with Crippen LogP contribution in [0.5, 0.6) is 11.5 Å². The SMILES string of the molecule is COc1ccc(C(C)C(N=S(=O)=O)c2ccc(OCC(=O)O)cc2)cc1. The standard InChI is InChI=1S/C18H19NO6S/c1-12(13-3-7-15(24-2)8-4-13)18(19-26(22)23)14-5-9-16(10-6-14)25-11-17(20)21/h3-10,12,18H,11H2,1-2H3,(H,20,21). The van der Waals surface area contributed by atoms with Gasteiger partial charge in [-0.15, -0.1) is 0 Å². The molecule has 2 unspecified atom stereocenters. The van der Waals surface area contributed by atoms with Gasteiger partial charge in [-0.25, -0.2) is 4.79 Å². The van der Waals surface area contributed by atoms with Gasteiger partial charge in [-0.2, -0.15) is 12.8 Å². The van der Waals surface area contributed by atoms with Crippen molar-refractivity contribution in [2.75, 3.05) is 13.7 Å². The van der Waals surface area contributed by atoms with Crippen LogP contribution in [0.15, 0.2) is 52.9 Å². The third-order valence-electron chi connectivity index (χ3n) is 3.90. The number of benzene rings is 2. The number of carboxylic acid groups (broad SMARTS) is 1. The monoisotopic (exact) mass is 377 g/mol. The third-order valence-corrected chi connectivity index (χ3v) is 4.30. The number of hydrogen-bond donors (Lipinski definition) is 1. The van der Waals surface area contributed by atoms with Crippen LogP contribution in [0.2, 0.25) is 0 Å². The highest BCUT2D eigenvalue weighted by molar-refractivity contribution is 7.61. The molecule has 2 aromatic carbocycles. The largest absolute Gasteiger partial charge is 0.497 e. The van der Waals surface area contributed by atoms with Crippen LogP contribution < -0.4 is 9.47 Å². The Morgan fingerprint density at radius 1 is 1.04 bits per heavy atom. The first kappa shape index (κ1) is 19.5. The van der Waals surface area contributed by atoms with Crippen molar-refractivity contribution in [1.29, 1.82) is 0 Å². The van der Waals surface area contributed by atoms with Gasteiger partial charge in [0.25, 0.3) is 0 Å². The molecule has 1 N–H and O–H groups in total. The first-order valence-electron chi connectivity index (χ1n) is 7.79. The fourth-order valence-corrected chi connectivity index (χ4v) is 3.02. The van der Waals surface area contributed by atoms with Gasteiger partial charge in [0, 0.05) is 5.92 Å². The Kier molecular flexibility index (Phi) is 6.74. The van der Waals surface area contributed by atoms with Crippen LogP contribution in [0.1, 0.15) is 30.0 Å². The van der Waals surface area contributed by atoms with Gasteiger partial charge in [0.15, 0.2) is 6.61 Å². The second kappa shape index (κ2) is 9.00. The molecule has 2 atom stereocenters. The van der Waals surface area contributed by atoms with Crippen LogP contribution in [0.3, 0.4) is 0 Å². The number of hydrogen-bond acceptors (Lipinski definition) is 6. The van der Waals surface area contributed by atoms with Crippen molar-refractivity contribution in [3.8, 4) is 11.5 Å². The molecule has 0 amide bonds. The first-order chi connectivity index (χ1) is 12.4. The maximum atomic E-state index is 11.2. The molecule has 0 aliphatic rings. The number of carboxylic acids is 1. The summed E-state index contributed by atoms with van der Waals surface area (Å²) in [5, 5.41) is 8.64. The highest BCUT2D eigenvalue weighted by Crippen LogP contribution is 2.35. The molecule has 7 nitrogen and oxygen atoms in total. The van der Waals surface area contributed by atoms with Gasteiger partial charge >= 0.3 is 16.5 Å². The number of methoxy groups -OCH3 is 1. The molecule has 2 rings (SSSR count). The van der Waals surface area contributed by atoms with Crippen molar-refractivity contribution < 1.29 is 27.8 Å². The van der Waals surface area contributed by atoms with Crippen LogP contribution in [0.25, 0.3) is 0 Å². The van der Waals surface area contributed by atoms with Gasteiger partial charge < -0.3 is 14.6 Å². The highest BCUT2D eigenvalue weighted by Gasteiger charge is 2.21. The van der Waals surface area contributed by atoms with Crippen LogP contribution >= 0.6 is 0 Å². The number of carbonyl (C=O) groups is 1. The lowest BCUT2D eigenvalue weighted by atomic mass is 9.89. The number of nitrogens with zero attached hydrogens (tertiary/aromatic N) is 1. The minimum absolute atomic E-state index is 0.204. The topological polar surface area (TPSA) is 102 Å². The van der Waals surface area contributed by atoms with Crippen LogP contribution in [-0.2, 0) is 15.3 Å². The van der Waals surface area contributed by atoms with Crippen LogP contribution in [-0.4, -0.2) is 33.2 Å². The molecule has 0 heterocycles. The Morgan fingerprint density at radius 2 is 1.58 bits per heavy atom. The molecule has 0 aromatic heterocycles. The van der Waals surface area contributed by atoms with Crippen molar-refractivity contribution in [2.45, 2.75) is 18.9 Å². The molecule has 0 saturated heterocycles. The van der Waals surface area contributed by atoms with Gasteiger partial charge in [-0.05, 0) is 35.4 Å². The molecule has 0 fully saturated rings. The second-order valence-corrected chi connectivity index (χ2v) is 6.23. The molecule has 0 aliphatic carbocycles. The summed E-state index contributed by atoms with van der Waals surface area (Å²) in [6, 6.07) is 13.3. The summed E-state index contributed by atoms with van der Waals surface area (Å²) < 4.78 is 36.4. The van der Waals surface area contributed by atoms with E-state index in [9.17, 15) is 13.2 Å². The predicted molar refractivity (Wildman–Crippen MR) is 95.1 cm³/mol. The van der Waals surface area contributed by atoms with Crippen molar-refractivity contribution in [3.63, 3.8) is 0 Å². The van der Waals surface area contributed by atoms with Gasteiger partial charge in [0.1, 0.15) is 11.5 Å². The molecule has 0 aliphatic heterocycles. The van der Waals surface area contributed by atoms with E-state index in [0.717, 1.165) is 5.56 Å². The van der Waals surface area contributed by atoms with Crippen molar-refractivity contribution in [2.24, 2.45) is 4.36 Å². The van der Waals surface area contributed by atoms with E-state index in [1.807, 2.05) is 19.1 Å². The Labute approximate surface area is 152 Å². The zero-order valence-corrected chi connectivity index (χ0v) is 15.1. The van der Waals surface area contributed by atoms with Crippen LogP contribution in [0.4, 0.5) is 0 Å². The zero-order chi connectivity index (χ0) is 19.1. The summed E-state index contributed by atoms with van der Waals surface area (Å²) in [4.78, 5) is 10.5. The lowest BCUT2D eigenvalue weighted by Crippen LogP contribution is -2.10. The normalized spacial score (nSPS) is 12.7. The van der Waals surface area contributed by atoms with E-state index in [4.69, 9.17) is 14.6 Å². The van der Waals surface area contributed by atoms with Gasteiger partial charge in [-0.1, -0.05) is 31.2 Å². The summed E-state index contributed by atoms with van der Waals surface area (Å²) in [7, 11) is -0.996. The number of rotatable bonds is 8. The van der Waals surface area contributed by atoms with E-state index in [1.54, 1.807) is 43.5 Å². The summed E-state index contributed by atoms with van der Waals surface area (Å²) >= 11 is 0. The minimum Gasteiger partial charge on any atom is -0.497 e. The number of aliphatic carboxylic acids is 1. The fourth-order valence-electron chi connectivity index (χ4n) is 2.53. The quantitative estimate of drug-likeness (QED) is 0.758. The Hall–Kier alpha value is -2.87. The van der Waals surface area contributed by atoms with Gasteiger partial charge in [0.2, 0.25) is 0 Å². The predicted octanol–water partition coefficient (Wildman–Crippen LogP) is 3.07. The fraction of sp³-hybridized carbons (Fsp3) is 0.278. The van der Waals surface area contributed by atoms with E-state index in [0.29, 0.717) is 17.1 Å². The molecule has 0 saturated carbocycles. The molecule has 138 valence electrons. The van der Waals surface area contributed by atoms with E-state index < -0.39 is 29.1 Å². The average molecular weight is 377 g/mol.